The van der Waals surface area contributed by atoms with E-state index in [2.05, 4.69) is 48.9 Å². The van der Waals surface area contributed by atoms with E-state index in [4.69, 9.17) is 0 Å². The SMILES string of the molecule is CC(=O)C1=CCc2c[c-]c(N3C[C@@H](C)N(C)[C@@H](C)C3)cc21.[Rb+]. The maximum absolute atomic E-state index is 11.7. The second kappa shape index (κ2) is 7.39. The Bertz CT molecular complexity index is 599. The molecule has 1 aromatic carbocycles. The molecule has 3 rings (SSSR count). The van der Waals surface area contributed by atoms with Gasteiger partial charge in [0.15, 0.2) is 5.78 Å². The summed E-state index contributed by atoms with van der Waals surface area (Å²) < 4.78 is 0. The number of nitrogens with zero attached hydrogens (tertiary/aromatic N) is 2. The molecule has 22 heavy (non-hydrogen) atoms. The fraction of sp³-hybridized carbons (Fsp3) is 0.500. The number of piperazine rings is 1. The van der Waals surface area contributed by atoms with Crippen LogP contribution in [0.15, 0.2) is 18.2 Å². The summed E-state index contributed by atoms with van der Waals surface area (Å²) in [6, 6.07) is 8.68. The van der Waals surface area contributed by atoms with Crippen molar-refractivity contribution in [3.63, 3.8) is 0 Å². The Hall–Kier alpha value is 0.195. The topological polar surface area (TPSA) is 23.6 Å². The van der Waals surface area contributed by atoms with Gasteiger partial charge in [0.05, 0.1) is 0 Å². The monoisotopic (exact) mass is 368 g/mol. The number of Topliss-reactive ketones (excluding diaryl/α,β-unsaturated/α-hetero) is 1. The molecule has 0 saturated carbocycles. The van der Waals surface area contributed by atoms with Crippen molar-refractivity contribution in [1.82, 2.24) is 4.90 Å². The van der Waals surface area contributed by atoms with E-state index in [1.807, 2.05) is 6.08 Å². The smallest absolute Gasteiger partial charge is 0.391 e. The summed E-state index contributed by atoms with van der Waals surface area (Å²) in [5, 5.41) is 0. The van der Waals surface area contributed by atoms with Gasteiger partial charge in [-0.2, -0.15) is 12.1 Å². The Kier molecular flexibility index (Phi) is 6.23. The molecule has 0 unspecified atom stereocenters. The van der Waals surface area contributed by atoms with Crippen LogP contribution in [0.4, 0.5) is 5.69 Å². The number of benzene rings is 1. The Labute approximate surface area is 182 Å². The van der Waals surface area contributed by atoms with Crippen molar-refractivity contribution in [2.75, 3.05) is 25.0 Å². The quantitative estimate of drug-likeness (QED) is 0.661. The molecule has 0 spiro atoms. The number of ketones is 1. The minimum atomic E-state index is 0. The second-order valence-electron chi connectivity index (χ2n) is 6.40. The van der Waals surface area contributed by atoms with Crippen LogP contribution in [-0.4, -0.2) is 42.9 Å². The van der Waals surface area contributed by atoms with E-state index in [0.717, 1.165) is 36.3 Å². The Morgan fingerprint density at radius 2 is 1.91 bits per heavy atom. The van der Waals surface area contributed by atoms with E-state index >= 15 is 0 Å². The molecule has 4 heteroatoms. The number of hydrogen-bond donors (Lipinski definition) is 0. The van der Waals surface area contributed by atoms with Crippen LogP contribution in [0, 0.1) is 6.07 Å². The summed E-state index contributed by atoms with van der Waals surface area (Å²) in [5.74, 6) is 0.158. The summed E-state index contributed by atoms with van der Waals surface area (Å²) in [4.78, 5) is 16.6. The molecule has 1 aromatic rings. The van der Waals surface area contributed by atoms with Gasteiger partial charge in [0.1, 0.15) is 0 Å². The zero-order valence-corrected chi connectivity index (χ0v) is 19.2. The average molecular weight is 369 g/mol. The van der Waals surface area contributed by atoms with Gasteiger partial charge >= 0.3 is 58.2 Å². The molecule has 2 aliphatic rings. The molecule has 0 radical (unpaired) electrons. The molecule has 2 atom stereocenters. The number of hydrogen-bond acceptors (Lipinski definition) is 3. The van der Waals surface area contributed by atoms with Crippen LogP contribution in [0.5, 0.6) is 0 Å². The summed E-state index contributed by atoms with van der Waals surface area (Å²) in [6.45, 7) is 8.19. The predicted molar refractivity (Wildman–Crippen MR) is 86.5 cm³/mol. The molecular formula is C18H23N2ORb. The van der Waals surface area contributed by atoms with Gasteiger partial charge in [-0.1, -0.05) is 18.2 Å². The molecule has 1 aliphatic carbocycles. The molecular weight excluding hydrogens is 346 g/mol. The third-order valence-corrected chi connectivity index (χ3v) is 4.92. The summed E-state index contributed by atoms with van der Waals surface area (Å²) in [5.41, 5.74) is 4.32. The third-order valence-electron chi connectivity index (χ3n) is 4.92. The zero-order chi connectivity index (χ0) is 15.1. The summed E-state index contributed by atoms with van der Waals surface area (Å²) in [6.07, 6.45) is 2.90. The van der Waals surface area contributed by atoms with E-state index in [0.29, 0.717) is 12.1 Å². The molecule has 1 aliphatic heterocycles. The minimum absolute atomic E-state index is 0. The van der Waals surface area contributed by atoms with Gasteiger partial charge in [0.2, 0.25) is 0 Å². The van der Waals surface area contributed by atoms with Crippen molar-refractivity contribution in [2.45, 2.75) is 39.3 Å². The molecule has 1 fully saturated rings. The van der Waals surface area contributed by atoms with Gasteiger partial charge in [-0.15, -0.1) is 17.2 Å². The average Bonchev–Trinajstić information content (AvgIpc) is 2.87. The van der Waals surface area contributed by atoms with E-state index in [-0.39, 0.29) is 64.0 Å². The number of anilines is 1. The third kappa shape index (κ3) is 3.49. The Morgan fingerprint density at radius 1 is 1.27 bits per heavy atom. The van der Waals surface area contributed by atoms with Crippen LogP contribution in [0.2, 0.25) is 0 Å². The standard InChI is InChI=1S/C18H23N2O.Rb/c1-12-10-20(11-13(2)19(12)4)16-7-5-15-6-8-17(14(3)21)18(15)9-16;/h5,8-9,12-13H,6,10-11H2,1-4H3;/q-1;+1/t12-,13+;. The van der Waals surface area contributed by atoms with Crippen molar-refractivity contribution in [3.05, 3.63) is 35.4 Å². The Morgan fingerprint density at radius 3 is 2.50 bits per heavy atom. The maximum atomic E-state index is 11.7. The first-order chi connectivity index (χ1) is 9.97. The molecule has 0 bridgehead atoms. The van der Waals surface area contributed by atoms with Crippen LogP contribution in [0.1, 0.15) is 31.9 Å². The largest absolute Gasteiger partial charge is 1.00 e. The fourth-order valence-corrected chi connectivity index (χ4v) is 3.37. The number of carbonyl (C=O) groups excluding carboxylic acids is 1. The van der Waals surface area contributed by atoms with Gasteiger partial charge in [-0.25, -0.2) is 0 Å². The van der Waals surface area contributed by atoms with Crippen LogP contribution in [0.25, 0.3) is 5.57 Å². The first-order valence-electron chi connectivity index (χ1n) is 7.70. The van der Waals surface area contributed by atoms with Crippen molar-refractivity contribution < 1.29 is 63.0 Å². The molecule has 112 valence electrons. The molecule has 0 amide bonds. The van der Waals surface area contributed by atoms with E-state index in [1.54, 1.807) is 6.92 Å². The minimum Gasteiger partial charge on any atom is -0.391 e. The predicted octanol–water partition coefficient (Wildman–Crippen LogP) is -0.452. The maximum Gasteiger partial charge on any atom is 1.00 e. The van der Waals surface area contributed by atoms with Crippen LogP contribution in [0.3, 0.4) is 0 Å². The molecule has 1 heterocycles. The van der Waals surface area contributed by atoms with Crippen LogP contribution in [-0.2, 0) is 11.2 Å². The van der Waals surface area contributed by atoms with Crippen LogP contribution < -0.4 is 63.1 Å². The van der Waals surface area contributed by atoms with Crippen molar-refractivity contribution in [1.29, 1.82) is 0 Å². The van der Waals surface area contributed by atoms with Gasteiger partial charge in [-0.3, -0.25) is 9.69 Å². The molecule has 3 nitrogen and oxygen atoms in total. The number of fused-ring (bicyclic) bond motifs is 1. The number of likely N-dealkylation sites (N-methyl/N-ethyl adjacent to an activating group) is 1. The first kappa shape index (κ1) is 18.5. The second-order valence-corrected chi connectivity index (χ2v) is 6.40. The number of allylic oxidation sites excluding steroid dienone is 2. The van der Waals surface area contributed by atoms with Crippen molar-refractivity contribution in [3.8, 4) is 0 Å². The summed E-state index contributed by atoms with van der Waals surface area (Å²) >= 11 is 0. The van der Waals surface area contributed by atoms with E-state index in [9.17, 15) is 4.79 Å². The first-order valence-corrected chi connectivity index (χ1v) is 7.70. The van der Waals surface area contributed by atoms with Crippen molar-refractivity contribution in [2.24, 2.45) is 0 Å². The van der Waals surface area contributed by atoms with Crippen LogP contribution >= 0.6 is 0 Å². The molecule has 1 saturated heterocycles. The van der Waals surface area contributed by atoms with E-state index in [1.165, 1.54) is 5.56 Å². The Balaban J connectivity index is 0.00000176. The normalized spacial score (nSPS) is 24.5. The summed E-state index contributed by atoms with van der Waals surface area (Å²) in [7, 11) is 2.19. The van der Waals surface area contributed by atoms with E-state index < -0.39 is 0 Å². The van der Waals surface area contributed by atoms with Crippen molar-refractivity contribution >= 4 is 17.0 Å². The van der Waals surface area contributed by atoms with Gasteiger partial charge in [0.25, 0.3) is 0 Å². The molecule has 0 aromatic heterocycles. The molecule has 0 N–H and O–H groups in total. The number of rotatable bonds is 2. The van der Waals surface area contributed by atoms with Gasteiger partial charge < -0.3 is 4.90 Å². The fourth-order valence-electron chi connectivity index (χ4n) is 3.37. The van der Waals surface area contributed by atoms with Gasteiger partial charge in [-0.05, 0) is 33.4 Å². The van der Waals surface area contributed by atoms with Gasteiger partial charge in [0, 0.05) is 25.2 Å². The zero-order valence-electron chi connectivity index (χ0n) is 14.3. The number of carbonyl (C=O) groups is 1.